The summed E-state index contributed by atoms with van der Waals surface area (Å²) in [5.74, 6) is 1.85. The first kappa shape index (κ1) is 21.7. The normalized spacial score (nSPS) is 19.3. The van der Waals surface area contributed by atoms with E-state index < -0.39 is 0 Å². The fourth-order valence-corrected chi connectivity index (χ4v) is 4.29. The molecule has 1 aromatic carbocycles. The molecule has 0 bridgehead atoms. The van der Waals surface area contributed by atoms with Gasteiger partial charge in [0.25, 0.3) is 0 Å². The molecule has 0 spiro atoms. The third kappa shape index (κ3) is 4.71. The van der Waals surface area contributed by atoms with Crippen molar-refractivity contribution in [1.29, 1.82) is 0 Å². The lowest BCUT2D eigenvalue weighted by Crippen LogP contribution is -2.51. The van der Waals surface area contributed by atoms with Gasteiger partial charge in [0, 0.05) is 56.4 Å². The van der Waals surface area contributed by atoms with Gasteiger partial charge >= 0.3 is 0 Å². The third-order valence-corrected chi connectivity index (χ3v) is 6.22. The summed E-state index contributed by atoms with van der Waals surface area (Å²) < 4.78 is 19.8. The molecule has 7 heteroatoms. The van der Waals surface area contributed by atoms with E-state index in [0.29, 0.717) is 51.4 Å². The highest BCUT2D eigenvalue weighted by Gasteiger charge is 2.31. The lowest BCUT2D eigenvalue weighted by atomic mass is 10.0. The van der Waals surface area contributed by atoms with E-state index in [1.165, 1.54) is 6.07 Å². The number of anilines is 1. The van der Waals surface area contributed by atoms with E-state index in [2.05, 4.69) is 18.7 Å². The number of benzene rings is 1. The molecule has 0 radical (unpaired) electrons. The number of aromatic nitrogens is 2. The number of hydrogen-bond donors (Lipinski definition) is 0. The third-order valence-electron chi connectivity index (χ3n) is 6.22. The second-order valence-corrected chi connectivity index (χ2v) is 8.77. The number of nitrogens with zero attached hydrogens (tertiary/aromatic N) is 4. The maximum Gasteiger partial charge on any atom is 0.228 e. The zero-order valence-electron chi connectivity index (χ0n) is 18.6. The molecule has 0 unspecified atom stereocenters. The Morgan fingerprint density at radius 1 is 1.19 bits per heavy atom. The second-order valence-electron chi connectivity index (χ2n) is 8.77. The van der Waals surface area contributed by atoms with E-state index in [1.807, 2.05) is 24.0 Å². The van der Waals surface area contributed by atoms with Crippen LogP contribution in [-0.2, 0) is 16.0 Å². The van der Waals surface area contributed by atoms with Crippen molar-refractivity contribution >= 4 is 11.7 Å². The first-order chi connectivity index (χ1) is 14.9. The van der Waals surface area contributed by atoms with Crippen LogP contribution < -0.4 is 4.90 Å². The quantitative estimate of drug-likeness (QED) is 0.734. The molecule has 1 aromatic heterocycles. The Morgan fingerprint density at radius 3 is 2.58 bits per heavy atom. The van der Waals surface area contributed by atoms with E-state index >= 15 is 0 Å². The maximum absolute atomic E-state index is 14.4. The van der Waals surface area contributed by atoms with E-state index in [1.54, 1.807) is 6.07 Å². The van der Waals surface area contributed by atoms with E-state index in [4.69, 9.17) is 14.7 Å². The van der Waals surface area contributed by atoms with Crippen molar-refractivity contribution in [1.82, 2.24) is 14.9 Å². The van der Waals surface area contributed by atoms with Gasteiger partial charge in [-0.25, -0.2) is 14.4 Å². The SMILES string of the molecule is Cc1nc(C(C)C)nc(N2CCN(C(=O)[C@@H]3CCOC3)CC2)c1Cc1ccccc1F. The average molecular weight is 427 g/mol. The molecule has 166 valence electrons. The van der Waals surface area contributed by atoms with Gasteiger partial charge in [-0.05, 0) is 25.0 Å². The van der Waals surface area contributed by atoms with Gasteiger partial charge in [0.1, 0.15) is 17.5 Å². The van der Waals surface area contributed by atoms with Crippen LogP contribution >= 0.6 is 0 Å². The van der Waals surface area contributed by atoms with E-state index in [-0.39, 0.29) is 23.6 Å². The molecule has 31 heavy (non-hydrogen) atoms. The lowest BCUT2D eigenvalue weighted by Gasteiger charge is -2.37. The van der Waals surface area contributed by atoms with Gasteiger partial charge in [-0.15, -0.1) is 0 Å². The van der Waals surface area contributed by atoms with E-state index in [0.717, 1.165) is 29.3 Å². The van der Waals surface area contributed by atoms with Crippen molar-refractivity contribution in [2.75, 3.05) is 44.3 Å². The summed E-state index contributed by atoms with van der Waals surface area (Å²) in [4.78, 5) is 26.5. The first-order valence-corrected chi connectivity index (χ1v) is 11.2. The van der Waals surface area contributed by atoms with Crippen LogP contribution in [0, 0.1) is 18.7 Å². The Hall–Kier alpha value is -2.54. The Bertz CT molecular complexity index is 935. The van der Waals surface area contributed by atoms with Gasteiger partial charge in [-0.2, -0.15) is 0 Å². The second kappa shape index (κ2) is 9.30. The highest BCUT2D eigenvalue weighted by atomic mass is 19.1. The van der Waals surface area contributed by atoms with Gasteiger partial charge in [-0.3, -0.25) is 4.79 Å². The van der Waals surface area contributed by atoms with Crippen molar-refractivity contribution in [2.24, 2.45) is 5.92 Å². The molecule has 1 atom stereocenters. The number of halogens is 1. The highest BCUT2D eigenvalue weighted by molar-refractivity contribution is 5.79. The fourth-order valence-electron chi connectivity index (χ4n) is 4.29. The Balaban J connectivity index is 1.57. The molecule has 2 fully saturated rings. The van der Waals surface area contributed by atoms with E-state index in [9.17, 15) is 9.18 Å². The Kier molecular flexibility index (Phi) is 6.51. The molecule has 0 aliphatic carbocycles. The summed E-state index contributed by atoms with van der Waals surface area (Å²) in [6, 6.07) is 6.87. The summed E-state index contributed by atoms with van der Waals surface area (Å²) in [5, 5.41) is 0. The number of piperazine rings is 1. The monoisotopic (exact) mass is 426 g/mol. The molecular weight excluding hydrogens is 395 g/mol. The highest BCUT2D eigenvalue weighted by Crippen LogP contribution is 2.28. The minimum absolute atomic E-state index is 0.00277. The molecule has 0 saturated carbocycles. The smallest absolute Gasteiger partial charge is 0.228 e. The van der Waals surface area contributed by atoms with Crippen molar-refractivity contribution in [3.63, 3.8) is 0 Å². The van der Waals surface area contributed by atoms with Crippen LogP contribution in [-0.4, -0.2) is 60.2 Å². The van der Waals surface area contributed by atoms with Crippen LogP contribution in [0.1, 0.15) is 48.8 Å². The number of carbonyl (C=O) groups is 1. The standard InChI is InChI=1S/C24H31FN4O2/c1-16(2)22-26-17(3)20(14-18-6-4-5-7-21(18)25)23(27-22)28-9-11-29(12-10-28)24(30)19-8-13-31-15-19/h4-7,16,19H,8-15H2,1-3H3/t19-/m1/s1. The summed E-state index contributed by atoms with van der Waals surface area (Å²) in [6.45, 7) is 10.1. The lowest BCUT2D eigenvalue weighted by molar-refractivity contribution is -0.135. The maximum atomic E-state index is 14.4. The van der Waals surface area contributed by atoms with Crippen molar-refractivity contribution in [2.45, 2.75) is 39.5 Å². The molecule has 6 nitrogen and oxygen atoms in total. The Labute approximate surface area is 183 Å². The summed E-state index contributed by atoms with van der Waals surface area (Å²) in [6.07, 6.45) is 1.26. The number of ether oxygens (including phenoxy) is 1. The molecule has 3 heterocycles. The molecule has 2 aliphatic heterocycles. The topological polar surface area (TPSA) is 58.6 Å². The summed E-state index contributed by atoms with van der Waals surface area (Å²) in [5.41, 5.74) is 2.49. The minimum atomic E-state index is -0.213. The largest absolute Gasteiger partial charge is 0.381 e. The molecular formula is C24H31FN4O2. The molecule has 1 amide bonds. The zero-order chi connectivity index (χ0) is 22.0. The average Bonchev–Trinajstić information content (AvgIpc) is 3.31. The van der Waals surface area contributed by atoms with Gasteiger partial charge in [0.15, 0.2) is 0 Å². The Morgan fingerprint density at radius 2 is 1.94 bits per heavy atom. The van der Waals surface area contributed by atoms with Gasteiger partial charge in [0.2, 0.25) is 5.91 Å². The molecule has 2 aliphatic rings. The predicted molar refractivity (Wildman–Crippen MR) is 118 cm³/mol. The summed E-state index contributed by atoms with van der Waals surface area (Å²) in [7, 11) is 0. The zero-order valence-corrected chi connectivity index (χ0v) is 18.6. The fraction of sp³-hybridized carbons (Fsp3) is 0.542. The van der Waals surface area contributed by atoms with Crippen LogP contribution in [0.15, 0.2) is 24.3 Å². The van der Waals surface area contributed by atoms with Crippen molar-refractivity contribution in [3.05, 3.63) is 52.7 Å². The van der Waals surface area contributed by atoms with Crippen LogP contribution in [0.4, 0.5) is 10.2 Å². The van der Waals surface area contributed by atoms with Crippen molar-refractivity contribution in [3.8, 4) is 0 Å². The number of aryl methyl sites for hydroxylation is 1. The van der Waals surface area contributed by atoms with Gasteiger partial charge < -0.3 is 14.5 Å². The molecule has 0 N–H and O–H groups in total. The number of rotatable bonds is 5. The van der Waals surface area contributed by atoms with Crippen LogP contribution in [0.3, 0.4) is 0 Å². The first-order valence-electron chi connectivity index (χ1n) is 11.2. The molecule has 2 saturated heterocycles. The number of amides is 1. The molecule has 4 rings (SSSR count). The number of hydrogen-bond acceptors (Lipinski definition) is 5. The van der Waals surface area contributed by atoms with Gasteiger partial charge in [-0.1, -0.05) is 32.0 Å². The van der Waals surface area contributed by atoms with Crippen LogP contribution in [0.2, 0.25) is 0 Å². The predicted octanol–water partition coefficient (Wildman–Crippen LogP) is 3.32. The molecule has 2 aromatic rings. The van der Waals surface area contributed by atoms with Crippen molar-refractivity contribution < 1.29 is 13.9 Å². The minimum Gasteiger partial charge on any atom is -0.381 e. The van der Waals surface area contributed by atoms with Crippen LogP contribution in [0.5, 0.6) is 0 Å². The van der Waals surface area contributed by atoms with Crippen LogP contribution in [0.25, 0.3) is 0 Å². The summed E-state index contributed by atoms with van der Waals surface area (Å²) >= 11 is 0. The van der Waals surface area contributed by atoms with Gasteiger partial charge in [0.05, 0.1) is 12.5 Å². The number of carbonyl (C=O) groups excluding carboxylic acids is 1.